The zero-order valence-electron chi connectivity index (χ0n) is 21.1. The first-order chi connectivity index (χ1) is 16.8. The molecule has 0 spiro atoms. The maximum absolute atomic E-state index is 13.2. The number of hydrogen-bond acceptors (Lipinski definition) is 5. The first-order valence-corrected chi connectivity index (χ1v) is 13.3. The topological polar surface area (TPSA) is 61.7 Å². The smallest absolute Gasteiger partial charge is 0.243 e. The minimum atomic E-state index is 0.0587. The number of para-hydroxylation sites is 3. The third-order valence-electron chi connectivity index (χ3n) is 6.39. The van der Waals surface area contributed by atoms with Gasteiger partial charge in [-0.25, -0.2) is 4.98 Å². The zero-order chi connectivity index (χ0) is 24.9. The van der Waals surface area contributed by atoms with Crippen molar-refractivity contribution in [3.8, 4) is 0 Å². The molecule has 8 heteroatoms. The molecule has 1 aromatic heterocycles. The van der Waals surface area contributed by atoms with E-state index in [1.807, 2.05) is 84.5 Å². The van der Waals surface area contributed by atoms with Crippen LogP contribution in [0.1, 0.15) is 27.7 Å². The third kappa shape index (κ3) is 5.81. The van der Waals surface area contributed by atoms with Crippen LogP contribution in [0.5, 0.6) is 0 Å². The standard InChI is InChI=1S/C27H35N5O2S/c1-20(2)32(21(3)4)25(33)18-31-24-13-9-8-12-23(24)28-27(31)35-19-26(34)30-16-14-29(15-17-30)22-10-6-5-7-11-22/h5-13,20-21H,14-19H2,1-4H3. The number of anilines is 1. The number of amides is 2. The number of fused-ring (bicyclic) bond motifs is 1. The average molecular weight is 494 g/mol. The van der Waals surface area contributed by atoms with Gasteiger partial charge in [0.15, 0.2) is 5.16 Å². The van der Waals surface area contributed by atoms with Crippen LogP contribution in [0.3, 0.4) is 0 Å². The quantitative estimate of drug-likeness (QED) is 0.442. The summed E-state index contributed by atoms with van der Waals surface area (Å²) in [7, 11) is 0. The molecular formula is C27H35N5O2S. The highest BCUT2D eigenvalue weighted by Crippen LogP contribution is 2.25. The van der Waals surface area contributed by atoms with Gasteiger partial charge < -0.3 is 19.3 Å². The highest BCUT2D eigenvalue weighted by atomic mass is 32.2. The number of rotatable bonds is 8. The molecule has 35 heavy (non-hydrogen) atoms. The molecule has 186 valence electrons. The van der Waals surface area contributed by atoms with Gasteiger partial charge in [-0.3, -0.25) is 9.59 Å². The summed E-state index contributed by atoms with van der Waals surface area (Å²) in [5.41, 5.74) is 2.95. The summed E-state index contributed by atoms with van der Waals surface area (Å²) in [6.07, 6.45) is 0. The van der Waals surface area contributed by atoms with Gasteiger partial charge in [-0.2, -0.15) is 0 Å². The lowest BCUT2D eigenvalue weighted by Gasteiger charge is -2.36. The van der Waals surface area contributed by atoms with Gasteiger partial charge in [0.1, 0.15) is 6.54 Å². The fourth-order valence-corrected chi connectivity index (χ4v) is 5.69. The van der Waals surface area contributed by atoms with Gasteiger partial charge >= 0.3 is 0 Å². The molecule has 0 saturated carbocycles. The fraction of sp³-hybridized carbons (Fsp3) is 0.444. The van der Waals surface area contributed by atoms with E-state index in [1.54, 1.807) is 0 Å². The van der Waals surface area contributed by atoms with Crippen LogP contribution in [-0.2, 0) is 16.1 Å². The lowest BCUT2D eigenvalue weighted by molar-refractivity contribution is -0.135. The second-order valence-electron chi connectivity index (χ2n) is 9.45. The van der Waals surface area contributed by atoms with E-state index >= 15 is 0 Å². The van der Waals surface area contributed by atoms with E-state index in [0.29, 0.717) is 24.0 Å². The van der Waals surface area contributed by atoms with Gasteiger partial charge in [-0.05, 0) is 52.0 Å². The summed E-state index contributed by atoms with van der Waals surface area (Å²) < 4.78 is 1.96. The van der Waals surface area contributed by atoms with Crippen molar-refractivity contribution in [3.05, 3.63) is 54.6 Å². The molecule has 0 atom stereocenters. The summed E-state index contributed by atoms with van der Waals surface area (Å²) in [5, 5.41) is 0.711. The second kappa shape index (κ2) is 11.2. The number of nitrogens with zero attached hydrogens (tertiary/aromatic N) is 5. The Balaban J connectivity index is 1.43. The Labute approximate surface area is 212 Å². The van der Waals surface area contributed by atoms with Crippen LogP contribution in [0.25, 0.3) is 11.0 Å². The average Bonchev–Trinajstić information content (AvgIpc) is 3.20. The van der Waals surface area contributed by atoms with Crippen LogP contribution >= 0.6 is 11.8 Å². The van der Waals surface area contributed by atoms with E-state index in [1.165, 1.54) is 17.4 Å². The number of carbonyl (C=O) groups excluding carboxylic acids is 2. The van der Waals surface area contributed by atoms with Crippen LogP contribution in [0.15, 0.2) is 59.8 Å². The Kier molecular flexibility index (Phi) is 8.00. The van der Waals surface area contributed by atoms with Gasteiger partial charge in [0.25, 0.3) is 0 Å². The van der Waals surface area contributed by atoms with Crippen molar-refractivity contribution in [1.82, 2.24) is 19.4 Å². The molecule has 1 saturated heterocycles. The summed E-state index contributed by atoms with van der Waals surface area (Å²) in [5.74, 6) is 0.475. The van der Waals surface area contributed by atoms with Crippen LogP contribution in [-0.4, -0.2) is 75.2 Å². The van der Waals surface area contributed by atoms with Crippen molar-refractivity contribution in [3.63, 3.8) is 0 Å². The summed E-state index contributed by atoms with van der Waals surface area (Å²) in [6, 6.07) is 18.4. The Morgan fingerprint density at radius 1 is 0.914 bits per heavy atom. The fourth-order valence-electron chi connectivity index (χ4n) is 4.78. The first-order valence-electron chi connectivity index (χ1n) is 12.3. The number of thioether (sulfide) groups is 1. The van der Waals surface area contributed by atoms with E-state index in [-0.39, 0.29) is 30.4 Å². The second-order valence-corrected chi connectivity index (χ2v) is 10.4. The molecule has 3 aromatic rings. The molecule has 0 unspecified atom stereocenters. The minimum absolute atomic E-state index is 0.0587. The molecule has 7 nitrogen and oxygen atoms in total. The summed E-state index contributed by atoms with van der Waals surface area (Å²) >= 11 is 1.42. The van der Waals surface area contributed by atoms with E-state index in [2.05, 4.69) is 17.0 Å². The molecule has 2 amide bonds. The molecule has 1 fully saturated rings. The Morgan fingerprint density at radius 3 is 2.20 bits per heavy atom. The van der Waals surface area contributed by atoms with Gasteiger partial charge in [0.05, 0.1) is 16.8 Å². The zero-order valence-corrected chi connectivity index (χ0v) is 21.9. The van der Waals surface area contributed by atoms with Crippen LogP contribution in [0, 0.1) is 0 Å². The molecule has 1 aliphatic heterocycles. The maximum atomic E-state index is 13.2. The third-order valence-corrected chi connectivity index (χ3v) is 7.35. The van der Waals surface area contributed by atoms with Gasteiger partial charge in [-0.1, -0.05) is 42.1 Å². The lowest BCUT2D eigenvalue weighted by Crippen LogP contribution is -2.49. The number of carbonyl (C=O) groups is 2. The van der Waals surface area contributed by atoms with Crippen molar-refractivity contribution in [2.24, 2.45) is 0 Å². The molecule has 2 aromatic carbocycles. The summed E-state index contributed by atoms with van der Waals surface area (Å²) in [6.45, 7) is 11.4. The molecular weight excluding hydrogens is 458 g/mol. The van der Waals surface area contributed by atoms with E-state index in [4.69, 9.17) is 4.98 Å². The number of piperazine rings is 1. The Morgan fingerprint density at radius 2 is 1.54 bits per heavy atom. The van der Waals surface area contributed by atoms with E-state index < -0.39 is 0 Å². The minimum Gasteiger partial charge on any atom is -0.368 e. The van der Waals surface area contributed by atoms with Crippen LogP contribution in [0.4, 0.5) is 5.69 Å². The van der Waals surface area contributed by atoms with E-state index in [9.17, 15) is 9.59 Å². The molecule has 0 radical (unpaired) electrons. The Hall–Kier alpha value is -3.00. The predicted octanol–water partition coefficient (Wildman–Crippen LogP) is 4.12. The van der Waals surface area contributed by atoms with Crippen molar-refractivity contribution < 1.29 is 9.59 Å². The van der Waals surface area contributed by atoms with Crippen LogP contribution < -0.4 is 4.90 Å². The molecule has 1 aliphatic rings. The normalized spacial score (nSPS) is 14.2. The number of hydrogen-bond donors (Lipinski definition) is 0. The molecule has 2 heterocycles. The highest BCUT2D eigenvalue weighted by molar-refractivity contribution is 7.99. The van der Waals surface area contributed by atoms with Gasteiger partial charge in [0.2, 0.25) is 11.8 Å². The van der Waals surface area contributed by atoms with Crippen molar-refractivity contribution >= 4 is 40.3 Å². The lowest BCUT2D eigenvalue weighted by atomic mass is 10.2. The van der Waals surface area contributed by atoms with E-state index in [0.717, 1.165) is 24.1 Å². The molecule has 0 aliphatic carbocycles. The molecule has 0 N–H and O–H groups in total. The number of imidazole rings is 1. The number of benzene rings is 2. The van der Waals surface area contributed by atoms with Gasteiger partial charge in [-0.15, -0.1) is 0 Å². The van der Waals surface area contributed by atoms with Crippen molar-refractivity contribution in [2.75, 3.05) is 36.8 Å². The SMILES string of the molecule is CC(C)N(C(=O)Cn1c(SCC(=O)N2CCN(c3ccccc3)CC2)nc2ccccc21)C(C)C. The van der Waals surface area contributed by atoms with Crippen molar-refractivity contribution in [2.45, 2.75) is 51.5 Å². The largest absolute Gasteiger partial charge is 0.368 e. The monoisotopic (exact) mass is 493 g/mol. The Bertz CT molecular complexity index is 1140. The maximum Gasteiger partial charge on any atom is 0.243 e. The highest BCUT2D eigenvalue weighted by Gasteiger charge is 2.25. The first kappa shape index (κ1) is 25.1. The van der Waals surface area contributed by atoms with Crippen LogP contribution in [0.2, 0.25) is 0 Å². The van der Waals surface area contributed by atoms with Crippen molar-refractivity contribution in [1.29, 1.82) is 0 Å². The van der Waals surface area contributed by atoms with Gasteiger partial charge in [0, 0.05) is 44.0 Å². The predicted molar refractivity (Wildman–Crippen MR) is 143 cm³/mol. The molecule has 0 bridgehead atoms. The molecule has 4 rings (SSSR count). The summed E-state index contributed by atoms with van der Waals surface area (Å²) in [4.78, 5) is 37.1. The number of aromatic nitrogens is 2.